The van der Waals surface area contributed by atoms with Gasteiger partial charge in [0.05, 0.1) is 24.2 Å². The Balaban J connectivity index is 1.83. The van der Waals surface area contributed by atoms with Gasteiger partial charge in [0, 0.05) is 6.54 Å². The van der Waals surface area contributed by atoms with E-state index in [0.29, 0.717) is 18.6 Å². The molecule has 4 atom stereocenters. The predicted octanol–water partition coefficient (Wildman–Crippen LogP) is 1.04. The third kappa shape index (κ3) is 2.99. The van der Waals surface area contributed by atoms with Crippen LogP contribution in [0.5, 0.6) is 0 Å². The number of amides is 1. The summed E-state index contributed by atoms with van der Waals surface area (Å²) in [5.41, 5.74) is 5.68. The Bertz CT molecular complexity index is 281. The molecule has 3 N–H and O–H groups in total. The van der Waals surface area contributed by atoms with Gasteiger partial charge >= 0.3 is 0 Å². The molecule has 2 fully saturated rings. The summed E-state index contributed by atoms with van der Waals surface area (Å²) in [5.74, 6) is 0.571. The molecule has 2 aliphatic heterocycles. The highest BCUT2D eigenvalue weighted by molar-refractivity contribution is 5.79. The number of nitrogens with one attached hydrogen (secondary N) is 1. The first kappa shape index (κ1) is 12.8. The van der Waals surface area contributed by atoms with Crippen molar-refractivity contribution in [2.45, 2.75) is 57.8 Å². The van der Waals surface area contributed by atoms with Crippen molar-refractivity contribution in [3.8, 4) is 0 Å². The van der Waals surface area contributed by atoms with Crippen LogP contribution in [0, 0.1) is 11.8 Å². The fourth-order valence-electron chi connectivity index (χ4n) is 2.97. The fraction of sp³-hybridized carbons (Fsp3) is 0.923. The molecular formula is C13H24N2O2. The van der Waals surface area contributed by atoms with Gasteiger partial charge in [-0.15, -0.1) is 0 Å². The summed E-state index contributed by atoms with van der Waals surface area (Å²) in [5, 5.41) is 3.12. The van der Waals surface area contributed by atoms with E-state index in [9.17, 15) is 4.79 Å². The Labute approximate surface area is 103 Å². The third-order valence-electron chi connectivity index (χ3n) is 3.84. The highest BCUT2D eigenvalue weighted by Crippen LogP contribution is 2.34. The number of hydrogen-bond donors (Lipinski definition) is 2. The van der Waals surface area contributed by atoms with Crippen LogP contribution >= 0.6 is 0 Å². The smallest absolute Gasteiger partial charge is 0.224 e. The van der Waals surface area contributed by atoms with Crippen LogP contribution in [0.2, 0.25) is 0 Å². The molecule has 2 saturated heterocycles. The van der Waals surface area contributed by atoms with E-state index < -0.39 is 0 Å². The highest BCUT2D eigenvalue weighted by Gasteiger charge is 2.41. The van der Waals surface area contributed by atoms with Crippen molar-refractivity contribution in [1.29, 1.82) is 0 Å². The van der Waals surface area contributed by atoms with Crippen LogP contribution in [-0.2, 0) is 9.53 Å². The first-order valence-electron chi connectivity index (χ1n) is 6.76. The van der Waals surface area contributed by atoms with E-state index in [0.717, 1.165) is 25.7 Å². The Morgan fingerprint density at radius 3 is 2.71 bits per heavy atom. The zero-order valence-corrected chi connectivity index (χ0v) is 10.8. The minimum Gasteiger partial charge on any atom is -0.373 e. The second kappa shape index (κ2) is 5.36. The van der Waals surface area contributed by atoms with Crippen molar-refractivity contribution in [2.75, 3.05) is 6.54 Å². The van der Waals surface area contributed by atoms with Gasteiger partial charge in [-0.3, -0.25) is 4.79 Å². The fourth-order valence-corrected chi connectivity index (χ4v) is 2.97. The standard InChI is InChI=1S/C13H24N2O2/c1-8(2)5-9(7-14)13(16)15-11-6-10-3-4-12(11)17-10/h8-12H,3-7,14H2,1-2H3,(H,15,16). The molecule has 2 heterocycles. The van der Waals surface area contributed by atoms with E-state index in [1.54, 1.807) is 0 Å². The SMILES string of the molecule is CC(C)CC(CN)C(=O)NC1CC2CCC1O2. The van der Waals surface area contributed by atoms with Gasteiger partial charge in [0.1, 0.15) is 0 Å². The van der Waals surface area contributed by atoms with E-state index >= 15 is 0 Å². The van der Waals surface area contributed by atoms with Crippen LogP contribution in [-0.4, -0.2) is 30.7 Å². The molecule has 4 unspecified atom stereocenters. The van der Waals surface area contributed by atoms with Crippen LogP contribution in [0.3, 0.4) is 0 Å². The van der Waals surface area contributed by atoms with Crippen molar-refractivity contribution in [2.24, 2.45) is 17.6 Å². The van der Waals surface area contributed by atoms with E-state index in [2.05, 4.69) is 19.2 Å². The number of rotatable bonds is 5. The zero-order chi connectivity index (χ0) is 12.4. The lowest BCUT2D eigenvalue weighted by atomic mass is 9.93. The lowest BCUT2D eigenvalue weighted by Crippen LogP contribution is -2.45. The summed E-state index contributed by atoms with van der Waals surface area (Å²) in [7, 11) is 0. The van der Waals surface area contributed by atoms with Gasteiger partial charge in [-0.05, 0) is 31.6 Å². The van der Waals surface area contributed by atoms with E-state index in [1.807, 2.05) is 0 Å². The lowest BCUT2D eigenvalue weighted by Gasteiger charge is -2.23. The van der Waals surface area contributed by atoms with Crippen molar-refractivity contribution in [3.63, 3.8) is 0 Å². The first-order chi connectivity index (χ1) is 8.10. The molecule has 0 aromatic heterocycles. The molecule has 17 heavy (non-hydrogen) atoms. The molecule has 0 aromatic rings. The lowest BCUT2D eigenvalue weighted by molar-refractivity contribution is -0.126. The van der Waals surface area contributed by atoms with Gasteiger partial charge in [0.15, 0.2) is 0 Å². The third-order valence-corrected chi connectivity index (χ3v) is 3.84. The van der Waals surface area contributed by atoms with Crippen LogP contribution < -0.4 is 11.1 Å². The summed E-state index contributed by atoms with van der Waals surface area (Å²) in [6, 6.07) is 0.225. The largest absolute Gasteiger partial charge is 0.373 e. The molecule has 2 aliphatic rings. The zero-order valence-electron chi connectivity index (χ0n) is 10.8. The van der Waals surface area contributed by atoms with E-state index in [4.69, 9.17) is 10.5 Å². The van der Waals surface area contributed by atoms with Crippen molar-refractivity contribution < 1.29 is 9.53 Å². The van der Waals surface area contributed by atoms with Crippen LogP contribution in [0.4, 0.5) is 0 Å². The van der Waals surface area contributed by atoms with Gasteiger partial charge in [0.25, 0.3) is 0 Å². The summed E-state index contributed by atoms with van der Waals surface area (Å²) >= 11 is 0. The summed E-state index contributed by atoms with van der Waals surface area (Å²) < 4.78 is 5.73. The van der Waals surface area contributed by atoms with Crippen molar-refractivity contribution in [1.82, 2.24) is 5.32 Å². The van der Waals surface area contributed by atoms with Crippen LogP contribution in [0.1, 0.15) is 39.5 Å². The molecule has 2 bridgehead atoms. The maximum atomic E-state index is 12.1. The molecule has 1 amide bonds. The molecule has 0 radical (unpaired) electrons. The second-order valence-electron chi connectivity index (χ2n) is 5.79. The second-order valence-corrected chi connectivity index (χ2v) is 5.79. The van der Waals surface area contributed by atoms with Crippen LogP contribution in [0.15, 0.2) is 0 Å². The van der Waals surface area contributed by atoms with Gasteiger partial charge in [-0.25, -0.2) is 0 Å². The molecule has 98 valence electrons. The normalized spacial score (nSPS) is 33.1. The molecule has 0 aliphatic carbocycles. The maximum Gasteiger partial charge on any atom is 0.224 e. The molecule has 2 rings (SSSR count). The van der Waals surface area contributed by atoms with Gasteiger partial charge < -0.3 is 15.8 Å². The highest BCUT2D eigenvalue weighted by atomic mass is 16.5. The number of ether oxygens (including phenoxy) is 1. The Morgan fingerprint density at radius 1 is 1.47 bits per heavy atom. The molecular weight excluding hydrogens is 216 g/mol. The van der Waals surface area contributed by atoms with Crippen molar-refractivity contribution in [3.05, 3.63) is 0 Å². The van der Waals surface area contributed by atoms with Crippen LogP contribution in [0.25, 0.3) is 0 Å². The number of hydrogen-bond acceptors (Lipinski definition) is 3. The average molecular weight is 240 g/mol. The predicted molar refractivity (Wildman–Crippen MR) is 66.4 cm³/mol. The summed E-state index contributed by atoms with van der Waals surface area (Å²) in [6.07, 6.45) is 4.73. The summed E-state index contributed by atoms with van der Waals surface area (Å²) in [4.78, 5) is 12.1. The molecule has 4 nitrogen and oxygen atoms in total. The first-order valence-corrected chi connectivity index (χ1v) is 6.76. The Kier molecular flexibility index (Phi) is 4.05. The average Bonchev–Trinajstić information content (AvgIpc) is 2.87. The minimum atomic E-state index is -0.0471. The van der Waals surface area contributed by atoms with E-state index in [1.165, 1.54) is 0 Å². The number of carbonyl (C=O) groups excluding carboxylic acids is 1. The molecule has 0 saturated carbocycles. The van der Waals surface area contributed by atoms with Crippen molar-refractivity contribution >= 4 is 5.91 Å². The quantitative estimate of drug-likeness (QED) is 0.755. The Morgan fingerprint density at radius 2 is 2.24 bits per heavy atom. The Hall–Kier alpha value is -0.610. The maximum absolute atomic E-state index is 12.1. The minimum absolute atomic E-state index is 0.0471. The molecule has 0 spiro atoms. The number of carbonyl (C=O) groups is 1. The monoisotopic (exact) mass is 240 g/mol. The summed E-state index contributed by atoms with van der Waals surface area (Å²) in [6.45, 7) is 4.68. The molecule has 0 aromatic carbocycles. The van der Waals surface area contributed by atoms with E-state index in [-0.39, 0.29) is 24.0 Å². The van der Waals surface area contributed by atoms with Gasteiger partial charge in [-0.2, -0.15) is 0 Å². The van der Waals surface area contributed by atoms with Gasteiger partial charge in [0.2, 0.25) is 5.91 Å². The number of nitrogens with two attached hydrogens (primary N) is 1. The number of fused-ring (bicyclic) bond motifs is 2. The van der Waals surface area contributed by atoms with Gasteiger partial charge in [-0.1, -0.05) is 13.8 Å². The molecule has 4 heteroatoms. The topological polar surface area (TPSA) is 64.4 Å².